The molecule has 0 unspecified atom stereocenters. The van der Waals surface area contributed by atoms with Crippen LogP contribution >= 0.6 is 11.6 Å². The highest BCUT2D eigenvalue weighted by Gasteiger charge is 2.19. The van der Waals surface area contributed by atoms with Gasteiger partial charge in [0.1, 0.15) is 11.5 Å². The van der Waals surface area contributed by atoms with Crippen LogP contribution in [-0.4, -0.2) is 29.5 Å². The van der Waals surface area contributed by atoms with Crippen LogP contribution in [0.2, 0.25) is 5.02 Å². The number of Topliss-reactive ketones (excluding diaryl/α,β-unsaturated/α-hetero) is 1. The number of alkyl halides is 2. The average Bonchev–Trinajstić information content (AvgIpc) is 3.01. The zero-order valence-corrected chi connectivity index (χ0v) is 17.5. The molecule has 1 heterocycles. The molecule has 1 aromatic heterocycles. The van der Waals surface area contributed by atoms with E-state index in [0.717, 1.165) is 5.69 Å². The molecule has 1 amide bonds. The van der Waals surface area contributed by atoms with Crippen molar-refractivity contribution in [3.8, 4) is 17.2 Å². The summed E-state index contributed by atoms with van der Waals surface area (Å²) in [7, 11) is 0. The number of ether oxygens (including phenoxy) is 2. The first-order valence-corrected chi connectivity index (χ1v) is 9.54. The molecule has 0 radical (unpaired) electrons. The number of nitrogens with zero attached hydrogens (tertiary/aromatic N) is 1. The molecule has 0 saturated heterocycles. The van der Waals surface area contributed by atoms with Crippen molar-refractivity contribution in [2.24, 2.45) is 5.73 Å². The Kier molecular flexibility index (Phi) is 6.60. The molecule has 162 valence electrons. The number of nitrogens with two attached hydrogens (primary N) is 1. The number of benzene rings is 2. The second-order valence-electron chi connectivity index (χ2n) is 6.71. The summed E-state index contributed by atoms with van der Waals surface area (Å²) < 4.78 is 36.4. The van der Waals surface area contributed by atoms with Crippen molar-refractivity contribution in [2.45, 2.75) is 20.5 Å². The summed E-state index contributed by atoms with van der Waals surface area (Å²) in [5.74, 6) is -0.822. The Hall–Kier alpha value is -3.39. The van der Waals surface area contributed by atoms with E-state index in [0.29, 0.717) is 22.0 Å². The Balaban J connectivity index is 1.80. The second kappa shape index (κ2) is 9.18. The average molecular weight is 449 g/mol. The lowest BCUT2D eigenvalue weighted by Gasteiger charge is -2.12. The highest BCUT2D eigenvalue weighted by molar-refractivity contribution is 6.31. The van der Waals surface area contributed by atoms with Crippen molar-refractivity contribution in [1.29, 1.82) is 0 Å². The minimum atomic E-state index is -2.90. The molecular weight excluding hydrogens is 430 g/mol. The molecule has 0 fully saturated rings. The largest absolute Gasteiger partial charge is 0.485 e. The lowest BCUT2D eigenvalue weighted by atomic mass is 10.1. The van der Waals surface area contributed by atoms with Gasteiger partial charge >= 0.3 is 6.61 Å². The number of aryl methyl sites for hydroxylation is 1. The van der Waals surface area contributed by atoms with Gasteiger partial charge in [-0.1, -0.05) is 11.6 Å². The monoisotopic (exact) mass is 448 g/mol. The summed E-state index contributed by atoms with van der Waals surface area (Å²) >= 11 is 5.88. The van der Waals surface area contributed by atoms with Gasteiger partial charge in [0.05, 0.1) is 5.56 Å². The topological polar surface area (TPSA) is 83.5 Å². The molecule has 0 aliphatic carbocycles. The third-order valence-corrected chi connectivity index (χ3v) is 4.85. The lowest BCUT2D eigenvalue weighted by molar-refractivity contribution is -0.0498. The smallest absolute Gasteiger partial charge is 0.387 e. The molecule has 0 bridgehead atoms. The minimum absolute atomic E-state index is 0.0409. The standard InChI is InChI=1S/C22H19ClF2N2O4/c1-12-9-17(13(2)27(12)15-4-6-16(7-5-15)31-22(24)25)19(28)11-30-20-8-3-14(23)10-18(20)21(26)29/h3-10,22H,11H2,1-2H3,(H2,26,29). The SMILES string of the molecule is Cc1cc(C(=O)COc2ccc(Cl)cc2C(N)=O)c(C)n1-c1ccc(OC(F)F)cc1. The predicted molar refractivity (Wildman–Crippen MR) is 112 cm³/mol. The number of hydrogen-bond acceptors (Lipinski definition) is 4. The van der Waals surface area contributed by atoms with Crippen molar-refractivity contribution in [2.75, 3.05) is 6.61 Å². The quantitative estimate of drug-likeness (QED) is 0.506. The van der Waals surface area contributed by atoms with Gasteiger partial charge < -0.3 is 19.8 Å². The Morgan fingerprint density at radius 3 is 2.35 bits per heavy atom. The fraction of sp³-hybridized carbons (Fsp3) is 0.182. The molecule has 31 heavy (non-hydrogen) atoms. The molecule has 0 spiro atoms. The Morgan fingerprint density at radius 2 is 1.74 bits per heavy atom. The number of carbonyl (C=O) groups is 2. The molecular formula is C22H19ClF2N2O4. The first-order chi connectivity index (χ1) is 14.7. The summed E-state index contributed by atoms with van der Waals surface area (Å²) in [5.41, 5.74) is 7.95. The van der Waals surface area contributed by atoms with Crippen LogP contribution in [0.1, 0.15) is 32.1 Å². The van der Waals surface area contributed by atoms with E-state index in [-0.39, 0.29) is 29.5 Å². The van der Waals surface area contributed by atoms with Gasteiger partial charge in [-0.2, -0.15) is 8.78 Å². The number of rotatable bonds is 8. The van der Waals surface area contributed by atoms with Gasteiger partial charge in [0.15, 0.2) is 6.61 Å². The van der Waals surface area contributed by atoms with E-state index >= 15 is 0 Å². The van der Waals surface area contributed by atoms with E-state index in [9.17, 15) is 18.4 Å². The zero-order chi connectivity index (χ0) is 22.7. The first kappa shape index (κ1) is 22.3. The van der Waals surface area contributed by atoms with Gasteiger partial charge in [-0.05, 0) is 62.4 Å². The fourth-order valence-electron chi connectivity index (χ4n) is 3.26. The van der Waals surface area contributed by atoms with E-state index in [4.69, 9.17) is 22.1 Å². The zero-order valence-electron chi connectivity index (χ0n) is 16.7. The van der Waals surface area contributed by atoms with Crippen LogP contribution in [0.3, 0.4) is 0 Å². The van der Waals surface area contributed by atoms with Crippen LogP contribution in [0.25, 0.3) is 5.69 Å². The highest BCUT2D eigenvalue weighted by Crippen LogP contribution is 2.25. The maximum absolute atomic E-state index is 12.8. The number of carbonyl (C=O) groups excluding carboxylic acids is 2. The van der Waals surface area contributed by atoms with E-state index in [2.05, 4.69) is 4.74 Å². The van der Waals surface area contributed by atoms with E-state index in [1.54, 1.807) is 25.1 Å². The Morgan fingerprint density at radius 1 is 1.06 bits per heavy atom. The summed E-state index contributed by atoms with van der Waals surface area (Å²) in [6.45, 7) is 0.369. The number of halogens is 3. The van der Waals surface area contributed by atoms with Crippen molar-refractivity contribution >= 4 is 23.3 Å². The Bertz CT molecular complexity index is 1130. The summed E-state index contributed by atoms with van der Waals surface area (Å²) in [4.78, 5) is 24.4. The third-order valence-electron chi connectivity index (χ3n) is 4.62. The molecule has 0 aliphatic rings. The van der Waals surface area contributed by atoms with Gasteiger partial charge in [-0.3, -0.25) is 9.59 Å². The van der Waals surface area contributed by atoms with Crippen molar-refractivity contribution < 1.29 is 27.8 Å². The van der Waals surface area contributed by atoms with Crippen LogP contribution in [0.4, 0.5) is 8.78 Å². The van der Waals surface area contributed by atoms with Crippen LogP contribution in [0.15, 0.2) is 48.5 Å². The molecule has 0 atom stereocenters. The molecule has 0 saturated carbocycles. The van der Waals surface area contributed by atoms with Gasteiger partial charge in [0.2, 0.25) is 5.78 Å². The lowest BCUT2D eigenvalue weighted by Crippen LogP contribution is -2.17. The Labute approximate surface area is 182 Å². The van der Waals surface area contributed by atoms with Crippen LogP contribution in [0, 0.1) is 13.8 Å². The fourth-order valence-corrected chi connectivity index (χ4v) is 3.43. The predicted octanol–water partition coefficient (Wildman–Crippen LogP) is 4.71. The first-order valence-electron chi connectivity index (χ1n) is 9.17. The van der Waals surface area contributed by atoms with Gasteiger partial charge in [-0.25, -0.2) is 0 Å². The summed E-state index contributed by atoms with van der Waals surface area (Å²) in [5, 5.41) is 0.320. The van der Waals surface area contributed by atoms with Crippen LogP contribution in [0.5, 0.6) is 11.5 Å². The third kappa shape index (κ3) is 5.03. The minimum Gasteiger partial charge on any atom is -0.485 e. The molecule has 3 aromatic rings. The summed E-state index contributed by atoms with van der Waals surface area (Å²) in [6.07, 6.45) is 0. The van der Waals surface area contributed by atoms with Crippen LogP contribution < -0.4 is 15.2 Å². The number of aromatic nitrogens is 1. The van der Waals surface area contributed by atoms with Crippen LogP contribution in [-0.2, 0) is 0 Å². The maximum atomic E-state index is 12.8. The van der Waals surface area contributed by atoms with E-state index in [1.165, 1.54) is 30.3 Å². The number of primary amides is 1. The number of ketones is 1. The number of amides is 1. The molecule has 0 aliphatic heterocycles. The van der Waals surface area contributed by atoms with Crippen molar-refractivity contribution in [3.63, 3.8) is 0 Å². The van der Waals surface area contributed by atoms with Crippen molar-refractivity contribution in [1.82, 2.24) is 4.57 Å². The molecule has 2 aromatic carbocycles. The van der Waals surface area contributed by atoms with E-state index < -0.39 is 12.5 Å². The highest BCUT2D eigenvalue weighted by atomic mass is 35.5. The maximum Gasteiger partial charge on any atom is 0.387 e. The number of hydrogen-bond donors (Lipinski definition) is 1. The van der Waals surface area contributed by atoms with Gasteiger partial charge in [0, 0.05) is 27.7 Å². The van der Waals surface area contributed by atoms with Gasteiger partial charge in [0.25, 0.3) is 5.91 Å². The molecule has 3 rings (SSSR count). The summed E-state index contributed by atoms with van der Waals surface area (Å²) in [6, 6.07) is 12.2. The molecule has 9 heteroatoms. The normalized spacial score (nSPS) is 10.9. The van der Waals surface area contributed by atoms with Gasteiger partial charge in [-0.15, -0.1) is 0 Å². The van der Waals surface area contributed by atoms with E-state index in [1.807, 2.05) is 11.5 Å². The molecule has 2 N–H and O–H groups in total. The second-order valence-corrected chi connectivity index (χ2v) is 7.15. The van der Waals surface area contributed by atoms with Crippen molar-refractivity contribution in [3.05, 3.63) is 76.1 Å². The molecule has 6 nitrogen and oxygen atoms in total.